The van der Waals surface area contributed by atoms with E-state index in [1.54, 1.807) is 18.3 Å². The van der Waals surface area contributed by atoms with E-state index in [9.17, 15) is 9.59 Å². The number of carbonyl (C=O) groups excluding carboxylic acids is 2. The van der Waals surface area contributed by atoms with Crippen molar-refractivity contribution in [1.82, 2.24) is 10.3 Å². The zero-order valence-corrected chi connectivity index (χ0v) is 14.2. The number of urea groups is 1. The maximum absolute atomic E-state index is 12.3. The highest BCUT2D eigenvalue weighted by atomic mass is 16.5. The molecule has 2 atom stereocenters. The summed E-state index contributed by atoms with van der Waals surface area (Å²) in [4.78, 5) is 28.4. The number of hydrogen-bond acceptors (Lipinski definition) is 5. The second kappa shape index (κ2) is 9.10. The third kappa shape index (κ3) is 4.84. The van der Waals surface area contributed by atoms with Gasteiger partial charge in [-0.2, -0.15) is 0 Å². The SMILES string of the molecule is COC(=O)[C@@H]1CCCCCC[C@H]1NC(=O)Nc1cccnc1OC. The monoisotopic (exact) mass is 335 g/mol. The summed E-state index contributed by atoms with van der Waals surface area (Å²) in [5.41, 5.74) is 0.484. The number of pyridine rings is 1. The number of aromatic nitrogens is 1. The number of anilines is 1. The van der Waals surface area contributed by atoms with Crippen molar-refractivity contribution in [2.45, 2.75) is 44.6 Å². The number of rotatable bonds is 4. The van der Waals surface area contributed by atoms with Crippen LogP contribution in [0.15, 0.2) is 18.3 Å². The Morgan fingerprint density at radius 3 is 2.62 bits per heavy atom. The summed E-state index contributed by atoms with van der Waals surface area (Å²) in [6.45, 7) is 0. The first-order valence-corrected chi connectivity index (χ1v) is 8.30. The first-order chi connectivity index (χ1) is 11.7. The predicted octanol–water partition coefficient (Wildman–Crippen LogP) is 2.72. The smallest absolute Gasteiger partial charge is 0.319 e. The molecule has 2 N–H and O–H groups in total. The molecule has 1 aromatic heterocycles. The molecule has 24 heavy (non-hydrogen) atoms. The average Bonchev–Trinajstić information content (AvgIpc) is 2.57. The Kier molecular flexibility index (Phi) is 6.84. The van der Waals surface area contributed by atoms with Gasteiger partial charge in [0.1, 0.15) is 5.69 Å². The molecule has 0 spiro atoms. The highest BCUT2D eigenvalue weighted by molar-refractivity contribution is 5.91. The summed E-state index contributed by atoms with van der Waals surface area (Å²) in [6.07, 6.45) is 7.25. The van der Waals surface area contributed by atoms with Crippen LogP contribution in [-0.4, -0.2) is 37.2 Å². The Morgan fingerprint density at radius 1 is 1.17 bits per heavy atom. The highest BCUT2D eigenvalue weighted by Gasteiger charge is 2.31. The number of esters is 1. The summed E-state index contributed by atoms with van der Waals surface area (Å²) in [7, 11) is 2.88. The Labute approximate surface area is 142 Å². The van der Waals surface area contributed by atoms with E-state index < -0.39 is 0 Å². The molecule has 7 nitrogen and oxygen atoms in total. The lowest BCUT2D eigenvalue weighted by Crippen LogP contribution is -2.46. The molecule has 0 aliphatic heterocycles. The van der Waals surface area contributed by atoms with E-state index in [1.165, 1.54) is 14.2 Å². The van der Waals surface area contributed by atoms with Crippen LogP contribution in [0.1, 0.15) is 38.5 Å². The Morgan fingerprint density at radius 2 is 1.92 bits per heavy atom. The lowest BCUT2D eigenvalue weighted by atomic mass is 9.87. The summed E-state index contributed by atoms with van der Waals surface area (Å²) >= 11 is 0. The number of amides is 2. The number of nitrogens with one attached hydrogen (secondary N) is 2. The van der Waals surface area contributed by atoms with Crippen molar-refractivity contribution >= 4 is 17.7 Å². The molecule has 0 radical (unpaired) electrons. The zero-order chi connectivity index (χ0) is 17.4. The van der Waals surface area contributed by atoms with E-state index in [1.807, 2.05) is 0 Å². The molecule has 2 amide bonds. The molecule has 2 rings (SSSR count). The number of ether oxygens (including phenoxy) is 2. The van der Waals surface area contributed by atoms with Gasteiger partial charge < -0.3 is 20.1 Å². The predicted molar refractivity (Wildman–Crippen MR) is 89.9 cm³/mol. The third-order valence-electron chi connectivity index (χ3n) is 4.30. The largest absolute Gasteiger partial charge is 0.480 e. The summed E-state index contributed by atoms with van der Waals surface area (Å²) in [5, 5.41) is 5.65. The number of hydrogen-bond donors (Lipinski definition) is 2. The molecule has 1 aliphatic rings. The van der Waals surface area contributed by atoms with Crippen molar-refractivity contribution in [3.8, 4) is 5.88 Å². The minimum atomic E-state index is -0.374. The van der Waals surface area contributed by atoms with Crippen molar-refractivity contribution in [3.63, 3.8) is 0 Å². The standard InChI is InChI=1S/C17H25N3O4/c1-23-15-14(10-7-11-18-15)20-17(22)19-13-9-6-4-3-5-8-12(13)16(21)24-2/h7,10-13H,3-6,8-9H2,1-2H3,(H2,19,20,22)/t12-,13-/m1/s1. The van der Waals surface area contributed by atoms with E-state index >= 15 is 0 Å². The van der Waals surface area contributed by atoms with Crippen molar-refractivity contribution in [2.75, 3.05) is 19.5 Å². The van der Waals surface area contributed by atoms with Gasteiger partial charge in [-0.05, 0) is 25.0 Å². The minimum absolute atomic E-state index is 0.236. The maximum Gasteiger partial charge on any atom is 0.319 e. The lowest BCUT2D eigenvalue weighted by molar-refractivity contribution is -0.146. The van der Waals surface area contributed by atoms with Gasteiger partial charge in [-0.3, -0.25) is 4.79 Å². The molecular weight excluding hydrogens is 310 g/mol. The quantitative estimate of drug-likeness (QED) is 0.826. The highest BCUT2D eigenvalue weighted by Crippen LogP contribution is 2.25. The van der Waals surface area contributed by atoms with E-state index in [-0.39, 0.29) is 24.0 Å². The van der Waals surface area contributed by atoms with Crippen LogP contribution in [0.5, 0.6) is 5.88 Å². The summed E-state index contributed by atoms with van der Waals surface area (Å²) in [5.74, 6) is -0.229. The molecule has 1 fully saturated rings. The van der Waals surface area contributed by atoms with Crippen LogP contribution in [0, 0.1) is 5.92 Å². The molecule has 0 unspecified atom stereocenters. The second-order valence-corrected chi connectivity index (χ2v) is 5.89. The zero-order valence-electron chi connectivity index (χ0n) is 14.2. The summed E-state index contributed by atoms with van der Waals surface area (Å²) < 4.78 is 10.0. The number of carbonyl (C=O) groups is 2. The fourth-order valence-electron chi connectivity index (χ4n) is 3.07. The normalized spacial score (nSPS) is 21.1. The van der Waals surface area contributed by atoms with E-state index in [4.69, 9.17) is 9.47 Å². The van der Waals surface area contributed by atoms with Gasteiger partial charge in [-0.15, -0.1) is 0 Å². The van der Waals surface area contributed by atoms with Gasteiger partial charge in [0.05, 0.1) is 20.1 Å². The van der Waals surface area contributed by atoms with Crippen LogP contribution in [0.3, 0.4) is 0 Å². The van der Waals surface area contributed by atoms with E-state index in [0.29, 0.717) is 11.6 Å². The fourth-order valence-corrected chi connectivity index (χ4v) is 3.07. The van der Waals surface area contributed by atoms with Crippen molar-refractivity contribution < 1.29 is 19.1 Å². The fraction of sp³-hybridized carbons (Fsp3) is 0.588. The summed E-state index contributed by atoms with van der Waals surface area (Å²) in [6, 6.07) is 2.81. The van der Waals surface area contributed by atoms with Gasteiger partial charge in [-0.25, -0.2) is 9.78 Å². The van der Waals surface area contributed by atoms with Crippen LogP contribution in [-0.2, 0) is 9.53 Å². The van der Waals surface area contributed by atoms with Gasteiger partial charge >= 0.3 is 12.0 Å². The second-order valence-electron chi connectivity index (χ2n) is 5.89. The van der Waals surface area contributed by atoms with Gasteiger partial charge in [-0.1, -0.05) is 25.7 Å². The molecule has 0 aromatic carbocycles. The Bertz CT molecular complexity index is 565. The molecule has 1 saturated carbocycles. The molecule has 1 aliphatic carbocycles. The molecule has 0 saturated heterocycles. The molecule has 1 heterocycles. The molecule has 7 heteroatoms. The van der Waals surface area contributed by atoms with E-state index in [0.717, 1.165) is 38.5 Å². The van der Waals surface area contributed by atoms with Crippen LogP contribution in [0.4, 0.5) is 10.5 Å². The first kappa shape index (κ1) is 18.0. The average molecular weight is 335 g/mol. The van der Waals surface area contributed by atoms with Crippen LogP contribution in [0.2, 0.25) is 0 Å². The molecule has 1 aromatic rings. The molecular formula is C17H25N3O4. The third-order valence-corrected chi connectivity index (χ3v) is 4.30. The van der Waals surface area contributed by atoms with Crippen molar-refractivity contribution in [2.24, 2.45) is 5.92 Å². The Hall–Kier alpha value is -2.31. The number of nitrogens with zero attached hydrogens (tertiary/aromatic N) is 1. The van der Waals surface area contributed by atoms with Gasteiger partial charge in [0.2, 0.25) is 5.88 Å². The maximum atomic E-state index is 12.3. The van der Waals surface area contributed by atoms with Gasteiger partial charge in [0, 0.05) is 12.2 Å². The molecule has 0 bridgehead atoms. The lowest BCUT2D eigenvalue weighted by Gasteiger charge is -2.28. The minimum Gasteiger partial charge on any atom is -0.480 e. The Balaban J connectivity index is 2.04. The van der Waals surface area contributed by atoms with Crippen LogP contribution in [0.25, 0.3) is 0 Å². The van der Waals surface area contributed by atoms with Crippen molar-refractivity contribution in [3.05, 3.63) is 18.3 Å². The van der Waals surface area contributed by atoms with Crippen LogP contribution < -0.4 is 15.4 Å². The van der Waals surface area contributed by atoms with Gasteiger partial charge in [0.15, 0.2) is 0 Å². The van der Waals surface area contributed by atoms with Crippen LogP contribution >= 0.6 is 0 Å². The first-order valence-electron chi connectivity index (χ1n) is 8.30. The van der Waals surface area contributed by atoms with E-state index in [2.05, 4.69) is 15.6 Å². The molecule has 132 valence electrons. The van der Waals surface area contributed by atoms with Gasteiger partial charge in [0.25, 0.3) is 0 Å². The number of methoxy groups -OCH3 is 2. The topological polar surface area (TPSA) is 89.5 Å². The van der Waals surface area contributed by atoms with Crippen molar-refractivity contribution in [1.29, 1.82) is 0 Å².